The Kier molecular flexibility index (Phi) is 6.72. The molecular formula is C22H19F3N4O3. The van der Waals surface area contributed by atoms with Crippen molar-refractivity contribution in [3.05, 3.63) is 81.8 Å². The summed E-state index contributed by atoms with van der Waals surface area (Å²) in [5.41, 5.74) is 3.31. The Labute approximate surface area is 180 Å². The second-order valence-electron chi connectivity index (χ2n) is 6.82. The summed E-state index contributed by atoms with van der Waals surface area (Å²) in [5, 5.41) is 4.76. The summed E-state index contributed by atoms with van der Waals surface area (Å²) in [4.78, 5) is 37.1. The zero-order chi connectivity index (χ0) is 23.3. The first-order valence-corrected chi connectivity index (χ1v) is 9.66. The van der Waals surface area contributed by atoms with Gasteiger partial charge < -0.3 is 0 Å². The lowest BCUT2D eigenvalue weighted by Gasteiger charge is -2.11. The molecule has 10 heteroatoms. The Morgan fingerprint density at radius 2 is 1.78 bits per heavy atom. The molecule has 3 rings (SSSR count). The van der Waals surface area contributed by atoms with Gasteiger partial charge in [-0.1, -0.05) is 37.3 Å². The van der Waals surface area contributed by atoms with Crippen molar-refractivity contribution in [2.24, 2.45) is 0 Å². The molecule has 0 aliphatic rings. The third-order valence-electron chi connectivity index (χ3n) is 4.46. The lowest BCUT2D eigenvalue weighted by Crippen LogP contribution is -2.42. The van der Waals surface area contributed by atoms with Crippen molar-refractivity contribution in [3.8, 4) is 0 Å². The van der Waals surface area contributed by atoms with Crippen molar-refractivity contribution in [1.29, 1.82) is 0 Å². The molecule has 1 heterocycles. The Morgan fingerprint density at radius 1 is 1.06 bits per heavy atom. The first kappa shape index (κ1) is 22.7. The molecule has 0 saturated carbocycles. The molecule has 0 spiro atoms. The molecule has 0 atom stereocenters. The number of hydrogen-bond acceptors (Lipinski definition) is 4. The van der Waals surface area contributed by atoms with Gasteiger partial charge in [0.05, 0.1) is 10.9 Å². The summed E-state index contributed by atoms with van der Waals surface area (Å²) in [5.74, 6) is -1.51. The zero-order valence-electron chi connectivity index (χ0n) is 16.9. The van der Waals surface area contributed by atoms with Gasteiger partial charge in [-0.05, 0) is 36.3 Å². The number of benzene rings is 2. The summed E-state index contributed by atoms with van der Waals surface area (Å²) in [7, 11) is 0. The quantitative estimate of drug-likeness (QED) is 0.467. The van der Waals surface area contributed by atoms with Gasteiger partial charge in [0.2, 0.25) is 0 Å². The number of alkyl halides is 3. The molecule has 0 radical (unpaired) electrons. The van der Waals surface area contributed by atoms with Gasteiger partial charge in [-0.25, -0.2) is 4.68 Å². The zero-order valence-corrected chi connectivity index (χ0v) is 16.9. The Morgan fingerprint density at radius 3 is 2.47 bits per heavy atom. The fourth-order valence-corrected chi connectivity index (χ4v) is 2.98. The van der Waals surface area contributed by atoms with Crippen LogP contribution in [0.1, 0.15) is 35.0 Å². The van der Waals surface area contributed by atoms with Gasteiger partial charge >= 0.3 is 6.18 Å². The lowest BCUT2D eigenvalue weighted by atomic mass is 10.1. The number of fused-ring (bicyclic) bond motifs is 1. The molecule has 0 aliphatic carbocycles. The monoisotopic (exact) mass is 444 g/mol. The second kappa shape index (κ2) is 9.46. The van der Waals surface area contributed by atoms with Crippen LogP contribution in [-0.4, -0.2) is 21.6 Å². The highest BCUT2D eigenvalue weighted by Gasteiger charge is 2.30. The Hall–Kier alpha value is -3.95. The van der Waals surface area contributed by atoms with Crippen molar-refractivity contribution in [2.75, 3.05) is 0 Å². The van der Waals surface area contributed by atoms with Crippen LogP contribution in [-0.2, 0) is 17.5 Å². The fourth-order valence-electron chi connectivity index (χ4n) is 2.98. The van der Waals surface area contributed by atoms with E-state index in [1.54, 1.807) is 24.3 Å². The molecular weight excluding hydrogens is 425 g/mol. The van der Waals surface area contributed by atoms with Gasteiger partial charge in [-0.15, -0.1) is 0 Å². The number of amides is 2. The van der Waals surface area contributed by atoms with E-state index in [4.69, 9.17) is 0 Å². The van der Waals surface area contributed by atoms with Crippen LogP contribution in [0.5, 0.6) is 0 Å². The highest BCUT2D eigenvalue weighted by molar-refractivity contribution is 6.05. The number of rotatable bonds is 5. The minimum absolute atomic E-state index is 0.0455. The summed E-state index contributed by atoms with van der Waals surface area (Å²) in [6, 6.07) is 10.9. The molecule has 0 unspecified atom stereocenters. The molecule has 1 aromatic heterocycles. The van der Waals surface area contributed by atoms with E-state index in [9.17, 15) is 27.6 Å². The third kappa shape index (κ3) is 5.20. The predicted octanol–water partition coefficient (Wildman–Crippen LogP) is 3.30. The molecule has 2 N–H and O–H groups in total. The molecule has 0 saturated heterocycles. The number of aromatic nitrogens is 2. The highest BCUT2D eigenvalue weighted by Crippen LogP contribution is 2.29. The molecule has 3 aromatic rings. The molecule has 32 heavy (non-hydrogen) atoms. The largest absolute Gasteiger partial charge is 0.416 e. The van der Waals surface area contributed by atoms with Crippen molar-refractivity contribution in [2.45, 2.75) is 26.1 Å². The SMILES string of the molecule is CCCn1nc(C(=O)NNC(=O)/C=C/c2cccc(C(F)(F)F)c2)c2ccccc2c1=O. The van der Waals surface area contributed by atoms with Crippen LogP contribution in [0.4, 0.5) is 13.2 Å². The molecule has 2 amide bonds. The number of halogens is 3. The van der Waals surface area contributed by atoms with E-state index in [-0.39, 0.29) is 16.8 Å². The van der Waals surface area contributed by atoms with Gasteiger partial charge in [0.1, 0.15) is 0 Å². The Balaban J connectivity index is 1.74. The maximum atomic E-state index is 12.8. The van der Waals surface area contributed by atoms with Crippen molar-refractivity contribution >= 4 is 28.7 Å². The average molecular weight is 444 g/mol. The number of carbonyl (C=O) groups excluding carboxylic acids is 2. The van der Waals surface area contributed by atoms with E-state index in [0.717, 1.165) is 18.2 Å². The molecule has 2 aromatic carbocycles. The lowest BCUT2D eigenvalue weighted by molar-refractivity contribution is -0.137. The van der Waals surface area contributed by atoms with Crippen LogP contribution in [0.2, 0.25) is 0 Å². The molecule has 0 fully saturated rings. The summed E-state index contributed by atoms with van der Waals surface area (Å²) in [6.45, 7) is 2.18. The molecule has 0 bridgehead atoms. The van der Waals surface area contributed by atoms with Gasteiger partial charge in [-0.2, -0.15) is 18.3 Å². The van der Waals surface area contributed by atoms with Gasteiger partial charge in [0.25, 0.3) is 17.4 Å². The first-order chi connectivity index (χ1) is 15.2. The van der Waals surface area contributed by atoms with Crippen LogP contribution in [0.25, 0.3) is 16.8 Å². The minimum Gasteiger partial charge on any atom is -0.268 e. The first-order valence-electron chi connectivity index (χ1n) is 9.66. The number of hydrogen-bond donors (Lipinski definition) is 2. The van der Waals surface area contributed by atoms with E-state index in [1.165, 1.54) is 22.9 Å². The van der Waals surface area contributed by atoms with Gasteiger partial charge in [-0.3, -0.25) is 25.2 Å². The number of nitrogens with zero attached hydrogens (tertiary/aromatic N) is 2. The minimum atomic E-state index is -4.50. The predicted molar refractivity (Wildman–Crippen MR) is 112 cm³/mol. The Bertz CT molecular complexity index is 1250. The van der Waals surface area contributed by atoms with E-state index >= 15 is 0 Å². The van der Waals surface area contributed by atoms with E-state index < -0.39 is 23.6 Å². The number of nitrogens with one attached hydrogen (secondary N) is 2. The maximum Gasteiger partial charge on any atom is 0.416 e. The standard InChI is InChI=1S/C22H19F3N4O3/c1-2-12-29-21(32)17-9-4-3-8-16(17)19(28-29)20(31)27-26-18(30)11-10-14-6-5-7-15(13-14)22(23,24)25/h3-11,13H,2,12H2,1H3,(H,26,30)(H,27,31)/b11-10+. The molecule has 166 valence electrons. The number of aryl methyl sites for hydroxylation is 1. The maximum absolute atomic E-state index is 12.8. The van der Waals surface area contributed by atoms with Crippen LogP contribution in [0.3, 0.4) is 0 Å². The smallest absolute Gasteiger partial charge is 0.268 e. The van der Waals surface area contributed by atoms with E-state index in [0.29, 0.717) is 23.7 Å². The van der Waals surface area contributed by atoms with Crippen LogP contribution in [0, 0.1) is 0 Å². The summed E-state index contributed by atoms with van der Waals surface area (Å²) >= 11 is 0. The van der Waals surface area contributed by atoms with Crippen LogP contribution < -0.4 is 16.4 Å². The topological polar surface area (TPSA) is 93.1 Å². The molecule has 7 nitrogen and oxygen atoms in total. The molecule has 0 aliphatic heterocycles. The fraction of sp³-hybridized carbons (Fsp3) is 0.182. The van der Waals surface area contributed by atoms with Crippen molar-refractivity contribution < 1.29 is 22.8 Å². The number of carbonyl (C=O) groups is 2. The van der Waals surface area contributed by atoms with Crippen molar-refractivity contribution in [1.82, 2.24) is 20.6 Å². The average Bonchev–Trinajstić information content (AvgIpc) is 2.77. The van der Waals surface area contributed by atoms with E-state index in [1.807, 2.05) is 6.92 Å². The van der Waals surface area contributed by atoms with Gasteiger partial charge in [0, 0.05) is 18.0 Å². The summed E-state index contributed by atoms with van der Waals surface area (Å²) in [6.07, 6.45) is -1.70. The van der Waals surface area contributed by atoms with Crippen LogP contribution >= 0.6 is 0 Å². The number of hydrazine groups is 1. The third-order valence-corrected chi connectivity index (χ3v) is 4.46. The normalized spacial score (nSPS) is 11.6. The van der Waals surface area contributed by atoms with Gasteiger partial charge in [0.15, 0.2) is 5.69 Å². The van der Waals surface area contributed by atoms with E-state index in [2.05, 4.69) is 16.0 Å². The second-order valence-corrected chi connectivity index (χ2v) is 6.82. The van der Waals surface area contributed by atoms with Crippen molar-refractivity contribution in [3.63, 3.8) is 0 Å². The highest BCUT2D eigenvalue weighted by atomic mass is 19.4. The van der Waals surface area contributed by atoms with Crippen LogP contribution in [0.15, 0.2) is 59.4 Å². The summed E-state index contributed by atoms with van der Waals surface area (Å²) < 4.78 is 39.5.